The minimum atomic E-state index is -1.42. The normalized spacial score (nSPS) is 10.1. The number of carboxylic acid groups (broad SMARTS) is 4. The zero-order valence-electron chi connectivity index (χ0n) is 15.9. The molecule has 0 heterocycles. The highest BCUT2D eigenvalue weighted by Gasteiger charge is 2.18. The SMILES string of the molecule is CNC.O=CCN(CCN(CC(=O)O)CC(=O)O)CCN(CC(=O)O)C(=O)O. The second kappa shape index (κ2) is 16.4. The molecule has 0 bridgehead atoms. The summed E-state index contributed by atoms with van der Waals surface area (Å²) in [5.74, 6) is -3.73. The lowest BCUT2D eigenvalue weighted by molar-refractivity contribution is -0.142. The van der Waals surface area contributed by atoms with Gasteiger partial charge in [-0.1, -0.05) is 0 Å². The van der Waals surface area contributed by atoms with Gasteiger partial charge in [-0.3, -0.25) is 29.1 Å². The molecule has 0 aliphatic heterocycles. The van der Waals surface area contributed by atoms with Crippen LogP contribution in [0.5, 0.6) is 0 Å². The van der Waals surface area contributed by atoms with E-state index in [1.54, 1.807) is 0 Å². The molecule has 0 rings (SSSR count). The first-order valence-electron chi connectivity index (χ1n) is 8.17. The predicted molar refractivity (Wildman–Crippen MR) is 96.4 cm³/mol. The number of carbonyl (C=O) groups excluding carboxylic acids is 1. The summed E-state index contributed by atoms with van der Waals surface area (Å²) in [4.78, 5) is 57.0. The summed E-state index contributed by atoms with van der Waals surface area (Å²) in [5.41, 5.74) is 0. The van der Waals surface area contributed by atoms with Gasteiger partial charge in [-0.2, -0.15) is 0 Å². The van der Waals surface area contributed by atoms with Crippen molar-refractivity contribution in [2.75, 3.05) is 66.5 Å². The summed E-state index contributed by atoms with van der Waals surface area (Å²) in [7, 11) is 3.75. The standard InChI is InChI=1S/C13H21N3O9.C2H7N/c17-6-5-14(3-4-16(13(24)25)9-12(22)23)1-2-15(7-10(18)19)8-11(20)21;1-3-2/h6H,1-5,7-9H2,(H,18,19)(H,20,21)(H,22,23)(H,24,25);3H,1-2H3. The van der Waals surface area contributed by atoms with Gasteiger partial charge in [0.1, 0.15) is 12.8 Å². The Balaban J connectivity index is 0. The van der Waals surface area contributed by atoms with Gasteiger partial charge in [0.25, 0.3) is 0 Å². The number of carboxylic acids is 3. The van der Waals surface area contributed by atoms with Crippen LogP contribution in [0, 0.1) is 0 Å². The molecule has 0 unspecified atom stereocenters. The first kappa shape index (κ1) is 27.4. The number of carbonyl (C=O) groups is 5. The average molecular weight is 408 g/mol. The first-order valence-corrected chi connectivity index (χ1v) is 8.17. The Morgan fingerprint density at radius 3 is 1.50 bits per heavy atom. The second-order valence-electron chi connectivity index (χ2n) is 5.56. The molecule has 13 nitrogen and oxygen atoms in total. The van der Waals surface area contributed by atoms with Gasteiger partial charge < -0.3 is 30.5 Å². The molecule has 13 heteroatoms. The van der Waals surface area contributed by atoms with Crippen LogP contribution in [0.15, 0.2) is 0 Å². The van der Waals surface area contributed by atoms with Gasteiger partial charge in [-0.05, 0) is 14.1 Å². The highest BCUT2D eigenvalue weighted by molar-refractivity contribution is 5.75. The highest BCUT2D eigenvalue weighted by Crippen LogP contribution is 1.96. The van der Waals surface area contributed by atoms with E-state index in [4.69, 9.17) is 20.4 Å². The third kappa shape index (κ3) is 16.7. The van der Waals surface area contributed by atoms with Gasteiger partial charge in [0.05, 0.1) is 19.6 Å². The first-order chi connectivity index (χ1) is 13.1. The molecule has 1 amide bonds. The molecule has 0 spiro atoms. The van der Waals surface area contributed by atoms with Crippen LogP contribution in [-0.4, -0.2) is 132 Å². The fourth-order valence-electron chi connectivity index (χ4n) is 1.95. The van der Waals surface area contributed by atoms with E-state index >= 15 is 0 Å². The lowest BCUT2D eigenvalue weighted by Gasteiger charge is -2.26. The maximum absolute atomic E-state index is 10.9. The lowest BCUT2D eigenvalue weighted by Crippen LogP contribution is -2.44. The molecule has 28 heavy (non-hydrogen) atoms. The van der Waals surface area contributed by atoms with Crippen molar-refractivity contribution in [1.29, 1.82) is 0 Å². The van der Waals surface area contributed by atoms with E-state index in [0.717, 1.165) is 4.90 Å². The van der Waals surface area contributed by atoms with Gasteiger partial charge in [0.2, 0.25) is 0 Å². The summed E-state index contributed by atoms with van der Waals surface area (Å²) < 4.78 is 0. The van der Waals surface area contributed by atoms with Crippen LogP contribution in [0.4, 0.5) is 4.79 Å². The fraction of sp³-hybridized carbons (Fsp3) is 0.667. The topological polar surface area (TPSA) is 188 Å². The minimum absolute atomic E-state index is 0.0262. The van der Waals surface area contributed by atoms with E-state index in [0.29, 0.717) is 11.2 Å². The molecule has 0 aliphatic rings. The van der Waals surface area contributed by atoms with Crippen molar-refractivity contribution in [2.45, 2.75) is 0 Å². The summed E-state index contributed by atoms with van der Waals surface area (Å²) in [6, 6.07) is 0. The summed E-state index contributed by atoms with van der Waals surface area (Å²) in [6.45, 7) is -1.80. The molecular formula is C15H28N4O9. The minimum Gasteiger partial charge on any atom is -0.480 e. The third-order valence-corrected chi connectivity index (χ3v) is 3.07. The highest BCUT2D eigenvalue weighted by atomic mass is 16.4. The molecule has 0 atom stereocenters. The third-order valence-electron chi connectivity index (χ3n) is 3.07. The van der Waals surface area contributed by atoms with E-state index in [1.165, 1.54) is 4.90 Å². The molecule has 0 aromatic rings. The van der Waals surface area contributed by atoms with Crippen molar-refractivity contribution in [2.24, 2.45) is 0 Å². The van der Waals surface area contributed by atoms with Gasteiger partial charge in [-0.25, -0.2) is 4.79 Å². The van der Waals surface area contributed by atoms with Gasteiger partial charge in [0.15, 0.2) is 0 Å². The number of hydrogen-bond acceptors (Lipinski definition) is 8. The molecule has 0 aromatic heterocycles. The van der Waals surface area contributed by atoms with Crippen LogP contribution in [0.3, 0.4) is 0 Å². The molecule has 0 saturated heterocycles. The Hall–Kier alpha value is -2.77. The molecule has 0 fully saturated rings. The van der Waals surface area contributed by atoms with Crippen molar-refractivity contribution < 1.29 is 44.4 Å². The van der Waals surface area contributed by atoms with Crippen LogP contribution in [0.25, 0.3) is 0 Å². The van der Waals surface area contributed by atoms with Crippen molar-refractivity contribution >= 4 is 30.3 Å². The maximum atomic E-state index is 10.9. The Morgan fingerprint density at radius 2 is 1.14 bits per heavy atom. The smallest absolute Gasteiger partial charge is 0.407 e. The quantitative estimate of drug-likeness (QED) is 0.196. The monoisotopic (exact) mass is 408 g/mol. The number of aliphatic carboxylic acids is 3. The van der Waals surface area contributed by atoms with E-state index in [9.17, 15) is 24.0 Å². The predicted octanol–water partition coefficient (Wildman–Crippen LogP) is -2.14. The second-order valence-corrected chi connectivity index (χ2v) is 5.56. The largest absolute Gasteiger partial charge is 0.480 e. The molecule has 0 aromatic carbocycles. The van der Waals surface area contributed by atoms with Crippen LogP contribution in [0.1, 0.15) is 0 Å². The van der Waals surface area contributed by atoms with Crippen molar-refractivity contribution in [3.63, 3.8) is 0 Å². The van der Waals surface area contributed by atoms with Crippen LogP contribution >= 0.6 is 0 Å². The molecular weight excluding hydrogens is 380 g/mol. The average Bonchev–Trinajstić information content (AvgIpc) is 2.55. The number of nitrogens with one attached hydrogen (secondary N) is 1. The summed E-state index contributed by atoms with van der Waals surface area (Å²) in [5, 5.41) is 37.8. The van der Waals surface area contributed by atoms with Crippen molar-refractivity contribution in [3.8, 4) is 0 Å². The number of amides is 1. The molecule has 0 radical (unpaired) electrons. The van der Waals surface area contributed by atoms with Crippen molar-refractivity contribution in [3.05, 3.63) is 0 Å². The van der Waals surface area contributed by atoms with Gasteiger partial charge in [0, 0.05) is 26.2 Å². The number of hydrogen-bond donors (Lipinski definition) is 5. The fourth-order valence-corrected chi connectivity index (χ4v) is 1.95. The Labute approximate surface area is 162 Å². The van der Waals surface area contributed by atoms with E-state index < -0.39 is 43.6 Å². The van der Waals surface area contributed by atoms with Crippen LogP contribution in [-0.2, 0) is 19.2 Å². The van der Waals surface area contributed by atoms with Crippen molar-refractivity contribution in [1.82, 2.24) is 20.0 Å². The number of nitrogens with zero attached hydrogens (tertiary/aromatic N) is 3. The lowest BCUT2D eigenvalue weighted by atomic mass is 10.3. The molecule has 162 valence electrons. The Bertz CT molecular complexity index is 500. The van der Waals surface area contributed by atoms with E-state index in [-0.39, 0.29) is 32.7 Å². The Kier molecular flexibility index (Phi) is 16.1. The molecule has 0 saturated carbocycles. The van der Waals surface area contributed by atoms with Gasteiger partial charge in [-0.15, -0.1) is 0 Å². The molecule has 5 N–H and O–H groups in total. The maximum Gasteiger partial charge on any atom is 0.407 e. The van der Waals surface area contributed by atoms with E-state index in [1.807, 2.05) is 14.1 Å². The summed E-state index contributed by atoms with van der Waals surface area (Å²) in [6.07, 6.45) is -0.868. The zero-order chi connectivity index (χ0) is 22.1. The zero-order valence-corrected chi connectivity index (χ0v) is 15.9. The van der Waals surface area contributed by atoms with Crippen LogP contribution < -0.4 is 5.32 Å². The Morgan fingerprint density at radius 1 is 0.750 bits per heavy atom. The van der Waals surface area contributed by atoms with Gasteiger partial charge >= 0.3 is 24.0 Å². The number of rotatable bonds is 14. The van der Waals surface area contributed by atoms with E-state index in [2.05, 4.69) is 5.32 Å². The number of aldehydes is 1. The summed E-state index contributed by atoms with van der Waals surface area (Å²) >= 11 is 0. The molecule has 0 aliphatic carbocycles. The van der Waals surface area contributed by atoms with Crippen LogP contribution in [0.2, 0.25) is 0 Å².